The summed E-state index contributed by atoms with van der Waals surface area (Å²) in [6.45, 7) is 8.44. The van der Waals surface area contributed by atoms with Crippen molar-refractivity contribution in [3.05, 3.63) is 29.8 Å². The van der Waals surface area contributed by atoms with E-state index in [2.05, 4.69) is 33.0 Å². The molecule has 0 saturated carbocycles. The Balaban J connectivity index is 3.18. The van der Waals surface area contributed by atoms with Crippen LogP contribution in [0.25, 0.3) is 0 Å². The van der Waals surface area contributed by atoms with Crippen LogP contribution in [0.3, 0.4) is 0 Å². The number of benzene rings is 1. The third-order valence-electron chi connectivity index (χ3n) is 3.96. The van der Waals surface area contributed by atoms with Crippen molar-refractivity contribution in [3.8, 4) is 5.75 Å². The molecular formula is C16H28NO4P. The van der Waals surface area contributed by atoms with Gasteiger partial charge in [0, 0.05) is 20.3 Å². The Morgan fingerprint density at radius 2 is 1.55 bits per heavy atom. The lowest BCUT2D eigenvalue weighted by Crippen LogP contribution is -2.40. The highest BCUT2D eigenvalue weighted by Gasteiger charge is 2.38. The van der Waals surface area contributed by atoms with Crippen LogP contribution >= 0.6 is 7.60 Å². The average molecular weight is 329 g/mol. The second-order valence-corrected chi connectivity index (χ2v) is 8.66. The smallest absolute Gasteiger partial charge is 0.351 e. The molecular weight excluding hydrogens is 301 g/mol. The maximum absolute atomic E-state index is 12.9. The van der Waals surface area contributed by atoms with E-state index in [-0.39, 0.29) is 11.5 Å². The number of rotatable bonds is 7. The fourth-order valence-electron chi connectivity index (χ4n) is 1.93. The number of nitrogens with one attached hydrogen (secondary N) is 1. The minimum Gasteiger partial charge on any atom is -0.497 e. The van der Waals surface area contributed by atoms with E-state index < -0.39 is 13.4 Å². The summed E-state index contributed by atoms with van der Waals surface area (Å²) in [6, 6.07) is 7.52. The summed E-state index contributed by atoms with van der Waals surface area (Å²) >= 11 is 0. The number of hydrogen-bond donors (Lipinski definition) is 1. The SMILES string of the molecule is COc1ccc([C@H](N[C@@H](C)C(C)(C)C)P(=O)(OC)OC)cc1. The van der Waals surface area contributed by atoms with Crippen LogP contribution in [-0.2, 0) is 13.6 Å². The first-order valence-corrected chi connectivity index (χ1v) is 8.90. The maximum atomic E-state index is 12.9. The zero-order chi connectivity index (χ0) is 17.0. The number of hydrogen-bond acceptors (Lipinski definition) is 5. The molecule has 0 spiro atoms. The Bertz CT molecular complexity index is 502. The Morgan fingerprint density at radius 3 is 1.91 bits per heavy atom. The highest BCUT2D eigenvalue weighted by molar-refractivity contribution is 7.54. The Morgan fingerprint density at radius 1 is 1.05 bits per heavy atom. The minimum absolute atomic E-state index is 0.0109. The largest absolute Gasteiger partial charge is 0.497 e. The van der Waals surface area contributed by atoms with Gasteiger partial charge in [-0.3, -0.25) is 9.88 Å². The van der Waals surface area contributed by atoms with Crippen LogP contribution in [0.4, 0.5) is 0 Å². The van der Waals surface area contributed by atoms with Gasteiger partial charge in [-0.2, -0.15) is 0 Å². The molecule has 5 nitrogen and oxygen atoms in total. The van der Waals surface area contributed by atoms with Gasteiger partial charge in [-0.05, 0) is 30.0 Å². The van der Waals surface area contributed by atoms with Gasteiger partial charge in [0.05, 0.1) is 7.11 Å². The lowest BCUT2D eigenvalue weighted by molar-refractivity contribution is 0.233. The monoisotopic (exact) mass is 329 g/mol. The van der Waals surface area contributed by atoms with Gasteiger partial charge < -0.3 is 13.8 Å². The van der Waals surface area contributed by atoms with Gasteiger partial charge in [-0.25, -0.2) is 0 Å². The predicted molar refractivity (Wildman–Crippen MR) is 89.4 cm³/mol. The van der Waals surface area contributed by atoms with Crippen LogP contribution in [0.5, 0.6) is 5.75 Å². The van der Waals surface area contributed by atoms with E-state index >= 15 is 0 Å². The Labute approximate surface area is 133 Å². The van der Waals surface area contributed by atoms with Crippen molar-refractivity contribution in [3.63, 3.8) is 0 Å². The van der Waals surface area contributed by atoms with Crippen molar-refractivity contribution in [2.75, 3.05) is 21.3 Å². The normalized spacial score (nSPS) is 15.4. The van der Waals surface area contributed by atoms with Crippen LogP contribution < -0.4 is 10.1 Å². The molecule has 1 aromatic carbocycles. The van der Waals surface area contributed by atoms with E-state index in [1.165, 1.54) is 14.2 Å². The lowest BCUT2D eigenvalue weighted by atomic mass is 9.88. The summed E-state index contributed by atoms with van der Waals surface area (Å²) < 4.78 is 28.5. The first-order valence-electron chi connectivity index (χ1n) is 7.29. The van der Waals surface area contributed by atoms with Gasteiger partial charge in [0.15, 0.2) is 0 Å². The zero-order valence-electron chi connectivity index (χ0n) is 14.5. The van der Waals surface area contributed by atoms with Crippen LogP contribution in [0.15, 0.2) is 24.3 Å². The topological polar surface area (TPSA) is 56.8 Å². The molecule has 0 saturated heterocycles. The summed E-state index contributed by atoms with van der Waals surface area (Å²) in [5.41, 5.74) is 0.848. The second kappa shape index (κ2) is 7.60. The van der Waals surface area contributed by atoms with E-state index in [1.807, 2.05) is 24.3 Å². The fourth-order valence-corrected chi connectivity index (χ4v) is 3.44. The molecule has 0 aliphatic heterocycles. The fraction of sp³-hybridized carbons (Fsp3) is 0.625. The van der Waals surface area contributed by atoms with Crippen LogP contribution in [0, 0.1) is 5.41 Å². The zero-order valence-corrected chi connectivity index (χ0v) is 15.4. The molecule has 22 heavy (non-hydrogen) atoms. The highest BCUT2D eigenvalue weighted by atomic mass is 31.2. The molecule has 1 N–H and O–H groups in total. The van der Waals surface area contributed by atoms with E-state index in [1.54, 1.807) is 7.11 Å². The molecule has 1 rings (SSSR count). The molecule has 0 aliphatic rings. The summed E-state index contributed by atoms with van der Waals surface area (Å²) in [5, 5.41) is 3.40. The molecule has 6 heteroatoms. The van der Waals surface area contributed by atoms with Gasteiger partial charge >= 0.3 is 7.60 Å². The molecule has 0 unspecified atom stereocenters. The predicted octanol–water partition coefficient (Wildman–Crippen LogP) is 4.20. The van der Waals surface area contributed by atoms with Crippen LogP contribution in [0.2, 0.25) is 0 Å². The first-order chi connectivity index (χ1) is 10.2. The molecule has 1 aromatic rings. The van der Waals surface area contributed by atoms with E-state index in [9.17, 15) is 4.57 Å². The van der Waals surface area contributed by atoms with Gasteiger partial charge in [0.1, 0.15) is 11.5 Å². The quantitative estimate of drug-likeness (QED) is 0.760. The Hall–Kier alpha value is -0.870. The number of ether oxygens (including phenoxy) is 1. The minimum atomic E-state index is -3.31. The third kappa shape index (κ3) is 4.56. The molecule has 0 radical (unpaired) electrons. The summed E-state index contributed by atoms with van der Waals surface area (Å²) in [5.74, 6) is 0.207. The molecule has 0 amide bonds. The molecule has 0 aliphatic carbocycles. The first kappa shape index (κ1) is 19.2. The summed E-state index contributed by atoms with van der Waals surface area (Å²) in [6.07, 6.45) is 0. The van der Waals surface area contributed by atoms with Crippen molar-refractivity contribution in [1.82, 2.24) is 5.32 Å². The third-order valence-corrected chi connectivity index (χ3v) is 6.06. The van der Waals surface area contributed by atoms with Crippen LogP contribution in [0.1, 0.15) is 39.0 Å². The van der Waals surface area contributed by atoms with Crippen molar-refractivity contribution < 1.29 is 18.3 Å². The average Bonchev–Trinajstić information content (AvgIpc) is 2.50. The number of methoxy groups -OCH3 is 1. The van der Waals surface area contributed by atoms with E-state index in [4.69, 9.17) is 13.8 Å². The van der Waals surface area contributed by atoms with Crippen molar-refractivity contribution >= 4 is 7.60 Å². The van der Waals surface area contributed by atoms with E-state index in [0.717, 1.165) is 11.3 Å². The van der Waals surface area contributed by atoms with Gasteiger partial charge in [0.25, 0.3) is 0 Å². The molecule has 2 atom stereocenters. The maximum Gasteiger partial charge on any atom is 0.351 e. The summed E-state index contributed by atoms with van der Waals surface area (Å²) in [7, 11) is 1.11. The van der Waals surface area contributed by atoms with Gasteiger partial charge in [-0.15, -0.1) is 0 Å². The van der Waals surface area contributed by atoms with Crippen LogP contribution in [-0.4, -0.2) is 27.4 Å². The van der Waals surface area contributed by atoms with Crippen molar-refractivity contribution in [2.24, 2.45) is 5.41 Å². The summed E-state index contributed by atoms with van der Waals surface area (Å²) in [4.78, 5) is 0. The van der Waals surface area contributed by atoms with Crippen molar-refractivity contribution in [1.29, 1.82) is 0 Å². The van der Waals surface area contributed by atoms with E-state index in [0.29, 0.717) is 0 Å². The van der Waals surface area contributed by atoms with Gasteiger partial charge in [-0.1, -0.05) is 32.9 Å². The molecule has 126 valence electrons. The molecule has 0 heterocycles. The molecule has 0 aromatic heterocycles. The van der Waals surface area contributed by atoms with Gasteiger partial charge in [0.2, 0.25) is 0 Å². The molecule has 0 bridgehead atoms. The standard InChI is InChI=1S/C16H28NO4P/c1-12(16(2,3)4)17-15(22(18,20-6)21-7)13-8-10-14(19-5)11-9-13/h8-12,15,17H,1-7H3/t12-,15+/m0/s1. The lowest BCUT2D eigenvalue weighted by Gasteiger charge is -2.34. The Kier molecular flexibility index (Phi) is 6.63. The highest BCUT2D eigenvalue weighted by Crippen LogP contribution is 2.59. The second-order valence-electron chi connectivity index (χ2n) is 6.34. The van der Waals surface area contributed by atoms with Crippen molar-refractivity contribution in [2.45, 2.75) is 39.5 Å². The molecule has 0 fully saturated rings.